The van der Waals surface area contributed by atoms with Crippen molar-refractivity contribution >= 4 is 12.6 Å². The number of hydrogen-bond donors (Lipinski definition) is 2. The van der Waals surface area contributed by atoms with Gasteiger partial charge in [-0.1, -0.05) is 19.9 Å². The molecule has 160 valence electrons. The summed E-state index contributed by atoms with van der Waals surface area (Å²) in [5.74, 6) is 2.45. The van der Waals surface area contributed by atoms with Gasteiger partial charge in [-0.25, -0.2) is 0 Å². The average Bonchev–Trinajstić information content (AvgIpc) is 3.09. The minimum Gasteiger partial charge on any atom is -0.508 e. The number of methoxy groups -OCH3 is 2. The number of phenolic OH excluding ortho intramolecular Hbond substituents is 1. The van der Waals surface area contributed by atoms with Crippen LogP contribution in [0.25, 0.3) is 11.4 Å². The van der Waals surface area contributed by atoms with Crippen LogP contribution in [0.1, 0.15) is 30.9 Å². The molecule has 1 aromatic heterocycles. The smallest absolute Gasteiger partial charge is 0.188 e. The molecule has 0 amide bonds. The van der Waals surface area contributed by atoms with Crippen LogP contribution in [0.2, 0.25) is 0 Å². The van der Waals surface area contributed by atoms with Crippen molar-refractivity contribution in [3.63, 3.8) is 0 Å². The molecule has 30 heavy (non-hydrogen) atoms. The molecule has 0 spiro atoms. The first-order valence-corrected chi connectivity index (χ1v) is 10.1. The summed E-state index contributed by atoms with van der Waals surface area (Å²) >= 11 is 4.48. The van der Waals surface area contributed by atoms with Crippen LogP contribution in [0.4, 0.5) is 0 Å². The molecule has 3 aromatic rings. The number of benzene rings is 2. The lowest BCUT2D eigenvalue weighted by Gasteiger charge is -2.14. The third kappa shape index (κ3) is 4.88. The van der Waals surface area contributed by atoms with E-state index in [9.17, 15) is 5.11 Å². The Morgan fingerprint density at radius 2 is 1.83 bits per heavy atom. The van der Waals surface area contributed by atoms with Crippen molar-refractivity contribution < 1.29 is 19.3 Å². The molecule has 1 N–H and O–H groups in total. The molecule has 7 nitrogen and oxygen atoms in total. The summed E-state index contributed by atoms with van der Waals surface area (Å²) in [5, 5.41) is 19.1. The lowest BCUT2D eigenvalue weighted by atomic mass is 9.99. The van der Waals surface area contributed by atoms with Crippen molar-refractivity contribution in [1.29, 1.82) is 0 Å². The SMILES string of the molecule is COCCOc1ccc(Cn2c(S)nnc2-c2ccc(O)c(C(C)C)c2)cc1OC. The van der Waals surface area contributed by atoms with Gasteiger partial charge in [-0.05, 0) is 47.4 Å². The van der Waals surface area contributed by atoms with Crippen molar-refractivity contribution in [1.82, 2.24) is 14.8 Å². The van der Waals surface area contributed by atoms with E-state index in [1.807, 2.05) is 48.7 Å². The number of aromatic nitrogens is 3. The Morgan fingerprint density at radius 3 is 2.53 bits per heavy atom. The van der Waals surface area contributed by atoms with Gasteiger partial charge in [-0.15, -0.1) is 22.8 Å². The van der Waals surface area contributed by atoms with Crippen LogP contribution in [-0.4, -0.2) is 47.3 Å². The second kappa shape index (κ2) is 9.86. The van der Waals surface area contributed by atoms with Crippen molar-refractivity contribution in [3.05, 3.63) is 47.5 Å². The molecule has 1 heterocycles. The molecule has 0 saturated heterocycles. The molecule has 0 atom stereocenters. The van der Waals surface area contributed by atoms with Gasteiger partial charge in [0.15, 0.2) is 22.5 Å². The lowest BCUT2D eigenvalue weighted by Crippen LogP contribution is -2.07. The number of thiol groups is 1. The van der Waals surface area contributed by atoms with Gasteiger partial charge in [-0.3, -0.25) is 4.57 Å². The molecule has 0 fully saturated rings. The molecule has 0 saturated carbocycles. The van der Waals surface area contributed by atoms with E-state index in [4.69, 9.17) is 14.2 Å². The molecular formula is C22H27N3O4S. The highest BCUT2D eigenvalue weighted by molar-refractivity contribution is 7.80. The van der Waals surface area contributed by atoms with Gasteiger partial charge in [0, 0.05) is 12.7 Å². The van der Waals surface area contributed by atoms with Crippen LogP contribution >= 0.6 is 12.6 Å². The summed E-state index contributed by atoms with van der Waals surface area (Å²) in [5.41, 5.74) is 2.72. The second-order valence-corrected chi connectivity index (χ2v) is 7.56. The first-order valence-electron chi connectivity index (χ1n) is 9.68. The van der Waals surface area contributed by atoms with Crippen LogP contribution in [0.15, 0.2) is 41.6 Å². The molecule has 0 aliphatic carbocycles. The normalized spacial score (nSPS) is 11.1. The van der Waals surface area contributed by atoms with Gasteiger partial charge in [0.05, 0.1) is 20.3 Å². The van der Waals surface area contributed by atoms with E-state index < -0.39 is 0 Å². The number of hydrogen-bond acceptors (Lipinski definition) is 7. The van der Waals surface area contributed by atoms with Crippen molar-refractivity contribution in [3.8, 4) is 28.6 Å². The summed E-state index contributed by atoms with van der Waals surface area (Å²) in [4.78, 5) is 0. The Morgan fingerprint density at radius 1 is 1.03 bits per heavy atom. The Balaban J connectivity index is 1.90. The summed E-state index contributed by atoms with van der Waals surface area (Å²) < 4.78 is 18.1. The standard InChI is InChI=1S/C22H27N3O4S/c1-14(2)17-12-16(6-7-18(17)26)21-23-24-22(30)25(21)13-15-5-8-19(20(11-15)28-4)29-10-9-27-3/h5-8,11-12,14,26H,9-10,13H2,1-4H3,(H,24,30). The fourth-order valence-corrected chi connectivity index (χ4v) is 3.37. The molecule has 3 rings (SSSR count). The summed E-state index contributed by atoms with van der Waals surface area (Å²) in [6, 6.07) is 11.2. The average molecular weight is 430 g/mol. The van der Waals surface area contributed by atoms with Crippen LogP contribution in [0.3, 0.4) is 0 Å². The lowest BCUT2D eigenvalue weighted by molar-refractivity contribution is 0.144. The quantitative estimate of drug-likeness (QED) is 0.393. The second-order valence-electron chi connectivity index (χ2n) is 7.16. The van der Waals surface area contributed by atoms with E-state index in [1.165, 1.54) is 0 Å². The first kappa shape index (κ1) is 22.0. The van der Waals surface area contributed by atoms with Gasteiger partial charge in [0.25, 0.3) is 0 Å². The minimum atomic E-state index is 0.187. The van der Waals surface area contributed by atoms with Crippen LogP contribution in [0.5, 0.6) is 17.2 Å². The zero-order valence-corrected chi connectivity index (χ0v) is 18.5. The number of ether oxygens (including phenoxy) is 3. The Kier molecular flexibility index (Phi) is 7.23. The van der Waals surface area contributed by atoms with E-state index in [-0.39, 0.29) is 11.7 Å². The largest absolute Gasteiger partial charge is 0.508 e. The summed E-state index contributed by atoms with van der Waals surface area (Å²) in [7, 11) is 3.24. The predicted molar refractivity (Wildman–Crippen MR) is 118 cm³/mol. The maximum atomic E-state index is 10.1. The summed E-state index contributed by atoms with van der Waals surface area (Å²) in [6.45, 7) is 5.53. The van der Waals surface area contributed by atoms with Crippen LogP contribution in [0, 0.1) is 0 Å². The highest BCUT2D eigenvalue weighted by Crippen LogP contribution is 2.32. The van der Waals surface area contributed by atoms with E-state index in [1.54, 1.807) is 20.3 Å². The Bertz CT molecular complexity index is 1000. The molecule has 2 aromatic carbocycles. The number of rotatable bonds is 9. The predicted octanol–water partition coefficient (Wildman–Crippen LogP) is 4.14. The zero-order chi connectivity index (χ0) is 21.7. The van der Waals surface area contributed by atoms with Gasteiger partial charge < -0.3 is 19.3 Å². The maximum absolute atomic E-state index is 10.1. The molecule has 0 radical (unpaired) electrons. The Hall–Kier alpha value is -2.71. The van der Waals surface area contributed by atoms with Crippen molar-refractivity contribution in [2.75, 3.05) is 27.4 Å². The number of nitrogens with zero attached hydrogens (tertiary/aromatic N) is 3. The monoisotopic (exact) mass is 429 g/mol. The van der Waals surface area contributed by atoms with Gasteiger partial charge in [-0.2, -0.15) is 0 Å². The van der Waals surface area contributed by atoms with E-state index >= 15 is 0 Å². The molecule has 8 heteroatoms. The highest BCUT2D eigenvalue weighted by atomic mass is 32.1. The Labute approximate surface area is 182 Å². The highest BCUT2D eigenvalue weighted by Gasteiger charge is 2.16. The molecule has 0 aliphatic heterocycles. The van der Waals surface area contributed by atoms with E-state index in [0.717, 1.165) is 16.7 Å². The summed E-state index contributed by atoms with van der Waals surface area (Å²) in [6.07, 6.45) is 0. The van der Waals surface area contributed by atoms with E-state index in [0.29, 0.717) is 42.2 Å². The fourth-order valence-electron chi connectivity index (χ4n) is 3.16. The van der Waals surface area contributed by atoms with E-state index in [2.05, 4.69) is 22.8 Å². The first-order chi connectivity index (χ1) is 14.4. The minimum absolute atomic E-state index is 0.187. The van der Waals surface area contributed by atoms with Gasteiger partial charge >= 0.3 is 0 Å². The van der Waals surface area contributed by atoms with Crippen LogP contribution in [-0.2, 0) is 11.3 Å². The maximum Gasteiger partial charge on any atom is 0.188 e. The molecular weight excluding hydrogens is 402 g/mol. The van der Waals surface area contributed by atoms with Crippen molar-refractivity contribution in [2.45, 2.75) is 31.5 Å². The van der Waals surface area contributed by atoms with Gasteiger partial charge in [0.1, 0.15) is 12.4 Å². The fraction of sp³-hybridized carbons (Fsp3) is 0.364. The molecule has 0 aliphatic rings. The topological polar surface area (TPSA) is 78.6 Å². The third-order valence-corrected chi connectivity index (χ3v) is 5.08. The van der Waals surface area contributed by atoms with Gasteiger partial charge in [0.2, 0.25) is 0 Å². The van der Waals surface area contributed by atoms with Crippen LogP contribution < -0.4 is 9.47 Å². The molecule has 0 bridgehead atoms. The molecule has 0 unspecified atom stereocenters. The number of aromatic hydroxyl groups is 1. The van der Waals surface area contributed by atoms with Crippen molar-refractivity contribution in [2.24, 2.45) is 0 Å². The number of phenols is 1. The zero-order valence-electron chi connectivity index (χ0n) is 17.6. The third-order valence-electron chi connectivity index (χ3n) is 4.75.